The van der Waals surface area contributed by atoms with Crippen LogP contribution in [0, 0.1) is 6.92 Å². The van der Waals surface area contributed by atoms with Crippen LogP contribution in [0.2, 0.25) is 10.0 Å². The summed E-state index contributed by atoms with van der Waals surface area (Å²) in [6, 6.07) is 9.33. The van der Waals surface area contributed by atoms with Gasteiger partial charge in [-0.1, -0.05) is 29.3 Å². The van der Waals surface area contributed by atoms with Crippen LogP contribution in [-0.4, -0.2) is 31.7 Å². The molecule has 0 radical (unpaired) electrons. The fourth-order valence-corrected chi connectivity index (χ4v) is 4.75. The molecule has 0 atom stereocenters. The van der Waals surface area contributed by atoms with Crippen molar-refractivity contribution in [2.45, 2.75) is 24.7 Å². The second-order valence-corrected chi connectivity index (χ2v) is 8.95. The van der Waals surface area contributed by atoms with Crippen molar-refractivity contribution in [1.82, 2.24) is 4.31 Å². The predicted octanol–water partition coefficient (Wildman–Crippen LogP) is 4.34. The van der Waals surface area contributed by atoms with Crippen molar-refractivity contribution in [1.29, 1.82) is 0 Å². The fraction of sp³-hybridized carbons (Fsp3) is 0.278. The van der Waals surface area contributed by atoms with E-state index in [1.165, 1.54) is 16.4 Å². The van der Waals surface area contributed by atoms with E-state index in [2.05, 4.69) is 5.32 Å². The molecular formula is C18H18Cl2N2O3S. The largest absolute Gasteiger partial charge is 0.321 e. The van der Waals surface area contributed by atoms with E-state index in [1.807, 2.05) is 0 Å². The van der Waals surface area contributed by atoms with Crippen LogP contribution in [-0.2, 0) is 10.0 Å². The monoisotopic (exact) mass is 412 g/mol. The average Bonchev–Trinajstić information content (AvgIpc) is 3.13. The van der Waals surface area contributed by atoms with E-state index < -0.39 is 15.9 Å². The first kappa shape index (κ1) is 19.2. The Hall–Kier alpha value is -1.60. The first-order valence-corrected chi connectivity index (χ1v) is 10.4. The molecule has 1 amide bonds. The first-order chi connectivity index (χ1) is 12.3. The smallest absolute Gasteiger partial charge is 0.256 e. The standard InChI is InChI=1S/C18H18Cl2N2O3S/c1-12-4-6-14(26(24,25)22-8-2-3-9-22)11-15(12)18(23)21-17-10-13(19)5-7-16(17)20/h4-7,10-11H,2-3,8-9H2,1H3,(H,21,23). The molecule has 1 N–H and O–H groups in total. The summed E-state index contributed by atoms with van der Waals surface area (Å²) in [5.41, 5.74) is 1.32. The van der Waals surface area contributed by atoms with Crippen LogP contribution in [0.4, 0.5) is 5.69 Å². The SMILES string of the molecule is Cc1ccc(S(=O)(=O)N2CCCC2)cc1C(=O)Nc1cc(Cl)ccc1Cl. The van der Waals surface area contributed by atoms with Crippen LogP contribution in [0.25, 0.3) is 0 Å². The van der Waals surface area contributed by atoms with Crippen molar-refractivity contribution in [2.24, 2.45) is 0 Å². The minimum absolute atomic E-state index is 0.118. The third-order valence-corrected chi connectivity index (χ3v) is 6.79. The van der Waals surface area contributed by atoms with Crippen molar-refractivity contribution in [3.05, 3.63) is 57.6 Å². The Morgan fingerprint density at radius 3 is 2.46 bits per heavy atom. The van der Waals surface area contributed by atoms with Gasteiger partial charge in [-0.3, -0.25) is 4.79 Å². The Balaban J connectivity index is 1.92. The van der Waals surface area contributed by atoms with E-state index in [9.17, 15) is 13.2 Å². The number of rotatable bonds is 4. The maximum Gasteiger partial charge on any atom is 0.256 e. The highest BCUT2D eigenvalue weighted by Crippen LogP contribution is 2.27. The van der Waals surface area contributed by atoms with Gasteiger partial charge in [0.05, 0.1) is 15.6 Å². The first-order valence-electron chi connectivity index (χ1n) is 8.16. The molecule has 1 heterocycles. The highest BCUT2D eigenvalue weighted by molar-refractivity contribution is 7.89. The van der Waals surface area contributed by atoms with Crippen LogP contribution in [0.1, 0.15) is 28.8 Å². The Labute approximate surface area is 163 Å². The van der Waals surface area contributed by atoms with Crippen LogP contribution < -0.4 is 5.32 Å². The molecule has 0 spiro atoms. The Kier molecular flexibility index (Phi) is 5.58. The zero-order valence-electron chi connectivity index (χ0n) is 14.1. The number of hydrogen-bond donors (Lipinski definition) is 1. The lowest BCUT2D eigenvalue weighted by atomic mass is 10.1. The van der Waals surface area contributed by atoms with Gasteiger partial charge in [-0.05, 0) is 55.7 Å². The number of nitrogens with one attached hydrogen (secondary N) is 1. The van der Waals surface area contributed by atoms with Gasteiger partial charge in [0.15, 0.2) is 0 Å². The molecule has 0 bridgehead atoms. The summed E-state index contributed by atoms with van der Waals surface area (Å²) in [5.74, 6) is -0.440. The van der Waals surface area contributed by atoms with Crippen LogP contribution in [0.15, 0.2) is 41.3 Å². The third kappa shape index (κ3) is 3.88. The summed E-state index contributed by atoms with van der Waals surface area (Å²) in [5, 5.41) is 3.48. The van der Waals surface area contributed by atoms with E-state index in [4.69, 9.17) is 23.2 Å². The van der Waals surface area contributed by atoms with Gasteiger partial charge >= 0.3 is 0 Å². The number of amides is 1. The van der Waals surface area contributed by atoms with Gasteiger partial charge in [-0.15, -0.1) is 0 Å². The van der Waals surface area contributed by atoms with Crippen molar-refractivity contribution in [3.63, 3.8) is 0 Å². The highest BCUT2D eigenvalue weighted by Gasteiger charge is 2.28. The molecule has 8 heteroatoms. The van der Waals surface area contributed by atoms with Crippen LogP contribution >= 0.6 is 23.2 Å². The average molecular weight is 413 g/mol. The van der Waals surface area contributed by atoms with Crippen molar-refractivity contribution in [3.8, 4) is 0 Å². The lowest BCUT2D eigenvalue weighted by molar-refractivity contribution is 0.102. The second-order valence-electron chi connectivity index (χ2n) is 6.17. The van der Waals surface area contributed by atoms with E-state index in [0.29, 0.717) is 34.4 Å². The highest BCUT2D eigenvalue weighted by atomic mass is 35.5. The number of carbonyl (C=O) groups excluding carboxylic acids is 1. The molecule has 3 rings (SSSR count). The zero-order chi connectivity index (χ0) is 18.9. The number of aryl methyl sites for hydroxylation is 1. The second kappa shape index (κ2) is 7.56. The molecule has 1 fully saturated rings. The number of carbonyl (C=O) groups is 1. The normalized spacial score (nSPS) is 15.2. The van der Waals surface area contributed by atoms with Crippen LogP contribution in [0.5, 0.6) is 0 Å². The van der Waals surface area contributed by atoms with Gasteiger partial charge in [-0.2, -0.15) is 4.31 Å². The van der Waals surface area contributed by atoms with Crippen molar-refractivity contribution < 1.29 is 13.2 Å². The molecule has 0 saturated carbocycles. The molecule has 2 aromatic carbocycles. The molecule has 0 unspecified atom stereocenters. The van der Waals surface area contributed by atoms with E-state index in [0.717, 1.165) is 12.8 Å². The minimum Gasteiger partial charge on any atom is -0.321 e. The molecule has 138 valence electrons. The molecule has 2 aromatic rings. The van der Waals surface area contributed by atoms with E-state index in [1.54, 1.807) is 31.2 Å². The van der Waals surface area contributed by atoms with Gasteiger partial charge in [0.1, 0.15) is 0 Å². The minimum atomic E-state index is -3.59. The Bertz CT molecular complexity index is 955. The molecule has 1 aliphatic rings. The molecule has 0 aliphatic carbocycles. The Morgan fingerprint density at radius 1 is 1.08 bits per heavy atom. The lowest BCUT2D eigenvalue weighted by Gasteiger charge is -2.17. The summed E-state index contributed by atoms with van der Waals surface area (Å²) in [6.07, 6.45) is 1.71. The zero-order valence-corrected chi connectivity index (χ0v) is 16.5. The van der Waals surface area contributed by atoms with Gasteiger partial charge < -0.3 is 5.32 Å². The van der Waals surface area contributed by atoms with Crippen molar-refractivity contribution in [2.75, 3.05) is 18.4 Å². The summed E-state index contributed by atoms with van der Waals surface area (Å²) >= 11 is 12.0. The molecular weight excluding hydrogens is 395 g/mol. The molecule has 0 aromatic heterocycles. The van der Waals surface area contributed by atoms with Gasteiger partial charge in [0.25, 0.3) is 5.91 Å². The molecule has 26 heavy (non-hydrogen) atoms. The van der Waals surface area contributed by atoms with E-state index in [-0.39, 0.29) is 10.5 Å². The maximum atomic E-state index is 12.7. The number of anilines is 1. The number of sulfonamides is 1. The quantitative estimate of drug-likeness (QED) is 0.811. The number of nitrogens with zero attached hydrogens (tertiary/aromatic N) is 1. The lowest BCUT2D eigenvalue weighted by Crippen LogP contribution is -2.28. The van der Waals surface area contributed by atoms with Crippen molar-refractivity contribution >= 4 is 44.8 Å². The predicted molar refractivity (Wildman–Crippen MR) is 104 cm³/mol. The number of benzene rings is 2. The molecule has 1 saturated heterocycles. The van der Waals surface area contributed by atoms with Gasteiger partial charge in [-0.25, -0.2) is 8.42 Å². The maximum absolute atomic E-state index is 12.7. The Morgan fingerprint density at radius 2 is 1.77 bits per heavy atom. The fourth-order valence-electron chi connectivity index (χ4n) is 2.87. The third-order valence-electron chi connectivity index (χ3n) is 4.33. The van der Waals surface area contributed by atoms with Gasteiger partial charge in [0.2, 0.25) is 10.0 Å². The topological polar surface area (TPSA) is 66.5 Å². The summed E-state index contributed by atoms with van der Waals surface area (Å²) < 4.78 is 26.9. The van der Waals surface area contributed by atoms with Crippen LogP contribution in [0.3, 0.4) is 0 Å². The van der Waals surface area contributed by atoms with E-state index >= 15 is 0 Å². The summed E-state index contributed by atoms with van der Waals surface area (Å²) in [6.45, 7) is 2.77. The number of halogens is 2. The summed E-state index contributed by atoms with van der Waals surface area (Å²) in [4.78, 5) is 12.8. The summed E-state index contributed by atoms with van der Waals surface area (Å²) in [7, 11) is -3.59. The molecule has 1 aliphatic heterocycles. The molecule has 5 nitrogen and oxygen atoms in total. The van der Waals surface area contributed by atoms with Gasteiger partial charge in [0, 0.05) is 23.7 Å². The number of hydrogen-bond acceptors (Lipinski definition) is 3.